The van der Waals surface area contributed by atoms with Gasteiger partial charge in [0.2, 0.25) is 0 Å². The minimum Gasteiger partial charge on any atom is -0.377 e. The van der Waals surface area contributed by atoms with E-state index in [1.54, 1.807) is 0 Å². The summed E-state index contributed by atoms with van der Waals surface area (Å²) in [4.78, 5) is 3.64. The number of pyridine rings is 1. The number of tetrazole rings is 1. The fraction of sp³-hybridized carbons (Fsp3) is 0.231. The second-order valence-electron chi connectivity index (χ2n) is 8.97. The summed E-state index contributed by atoms with van der Waals surface area (Å²) >= 11 is 0. The van der Waals surface area contributed by atoms with Gasteiger partial charge in [-0.05, 0) is 52.4 Å². The number of aliphatic hydroxyl groups is 1. The van der Waals surface area contributed by atoms with Crippen LogP contribution in [0.25, 0.3) is 0 Å². The summed E-state index contributed by atoms with van der Waals surface area (Å²) in [5, 5.41) is 21.2. The highest BCUT2D eigenvalue weighted by Gasteiger charge is 2.61. The van der Waals surface area contributed by atoms with Gasteiger partial charge < -0.3 is 10.8 Å². The van der Waals surface area contributed by atoms with Gasteiger partial charge in [-0.3, -0.25) is 4.98 Å². The molecule has 2 heterocycles. The Morgan fingerprint density at radius 2 is 1.52 bits per heavy atom. The summed E-state index contributed by atoms with van der Waals surface area (Å²) in [6, 6.07) is 5.07. The number of rotatable bonds is 7. The smallest absolute Gasteiger partial charge is 0.377 e. The van der Waals surface area contributed by atoms with E-state index in [4.69, 9.17) is 5.73 Å². The van der Waals surface area contributed by atoms with Gasteiger partial charge >= 0.3 is 18.0 Å². The van der Waals surface area contributed by atoms with Crippen LogP contribution in [0, 0.1) is 23.5 Å². The molecule has 4 aromatic rings. The zero-order chi connectivity index (χ0) is 30.9. The molecule has 3 N–H and O–H groups in total. The zero-order valence-electron chi connectivity index (χ0n) is 20.8. The fourth-order valence-electron chi connectivity index (χ4n) is 3.83. The third-order valence-electron chi connectivity index (χ3n) is 6.15. The highest BCUT2D eigenvalue weighted by molar-refractivity contribution is 5.44. The summed E-state index contributed by atoms with van der Waals surface area (Å²) in [6.07, 6.45) is -4.04. The van der Waals surface area contributed by atoms with Crippen LogP contribution in [0.1, 0.15) is 34.0 Å². The van der Waals surface area contributed by atoms with E-state index in [9.17, 15) is 35.8 Å². The SMILES string of the molecule is NC(c1ccc(C#Cc2ccc(C(F)(F)C(O)(Cn3cnnn3)c3ccc(F)cc3F)nc2)cc1)C(F)(F)C(F)(F)F. The standard InChI is InChI=1S/C26H17F9N6O/c27-18-8-9-19(20(28)11-18)23(42,13-41-14-38-39-40-41)24(29,30)21-10-5-16(12-37-21)2-1-15-3-6-17(7-4-15)22(36)25(31,32)26(33,34)35/h3-12,14,22,42H,13,36H2. The lowest BCUT2D eigenvalue weighted by molar-refractivity contribution is -0.291. The Labute approximate surface area is 230 Å². The van der Waals surface area contributed by atoms with Crippen molar-refractivity contribution >= 4 is 0 Å². The van der Waals surface area contributed by atoms with Crippen LogP contribution < -0.4 is 5.73 Å². The Morgan fingerprint density at radius 1 is 0.881 bits per heavy atom. The van der Waals surface area contributed by atoms with Crippen LogP contribution in [0.15, 0.2) is 67.1 Å². The van der Waals surface area contributed by atoms with Crippen molar-refractivity contribution < 1.29 is 44.6 Å². The molecule has 0 aliphatic rings. The van der Waals surface area contributed by atoms with Crippen LogP contribution >= 0.6 is 0 Å². The van der Waals surface area contributed by atoms with Crippen molar-refractivity contribution in [3.8, 4) is 11.8 Å². The molecule has 220 valence electrons. The average molecular weight is 600 g/mol. The summed E-state index contributed by atoms with van der Waals surface area (Å²) in [6.45, 7) is -1.05. The first-order chi connectivity index (χ1) is 19.6. The summed E-state index contributed by atoms with van der Waals surface area (Å²) in [5.41, 5.74) is -0.476. The van der Waals surface area contributed by atoms with E-state index in [0.717, 1.165) is 53.6 Å². The van der Waals surface area contributed by atoms with Crippen LogP contribution in [0.2, 0.25) is 0 Å². The first kappa shape index (κ1) is 30.5. The normalized spacial score (nSPS) is 14.5. The van der Waals surface area contributed by atoms with Gasteiger partial charge in [-0.2, -0.15) is 30.7 Å². The third kappa shape index (κ3) is 5.78. The molecule has 0 fully saturated rings. The van der Waals surface area contributed by atoms with E-state index in [-0.39, 0.29) is 11.1 Å². The second-order valence-corrected chi connectivity index (χ2v) is 8.97. The predicted molar refractivity (Wildman–Crippen MR) is 127 cm³/mol. The van der Waals surface area contributed by atoms with Crippen LogP contribution in [-0.4, -0.2) is 42.4 Å². The maximum Gasteiger partial charge on any atom is 0.455 e. The second kappa shape index (κ2) is 11.1. The number of nitrogens with two attached hydrogens (primary N) is 1. The van der Waals surface area contributed by atoms with Crippen molar-refractivity contribution in [1.82, 2.24) is 25.2 Å². The molecule has 0 amide bonds. The summed E-state index contributed by atoms with van der Waals surface area (Å²) < 4.78 is 125. The number of halogens is 9. The van der Waals surface area contributed by atoms with Crippen molar-refractivity contribution in [3.05, 3.63) is 107 Å². The Kier molecular flexibility index (Phi) is 8.03. The van der Waals surface area contributed by atoms with E-state index >= 15 is 8.78 Å². The largest absolute Gasteiger partial charge is 0.455 e. The molecule has 0 spiro atoms. The number of hydrogen-bond donors (Lipinski definition) is 2. The molecule has 2 aromatic carbocycles. The zero-order valence-corrected chi connectivity index (χ0v) is 20.8. The highest BCUT2D eigenvalue weighted by Crippen LogP contribution is 2.47. The van der Waals surface area contributed by atoms with Crippen LogP contribution in [0.3, 0.4) is 0 Å². The number of aromatic nitrogens is 5. The fourth-order valence-corrected chi connectivity index (χ4v) is 3.83. The molecule has 7 nitrogen and oxygen atoms in total. The molecule has 0 aliphatic carbocycles. The molecule has 2 atom stereocenters. The van der Waals surface area contributed by atoms with Gasteiger partial charge in [0.25, 0.3) is 0 Å². The molecule has 16 heteroatoms. The lowest BCUT2D eigenvalue weighted by Gasteiger charge is -2.35. The topological polar surface area (TPSA) is 103 Å². The first-order valence-electron chi connectivity index (χ1n) is 11.6. The van der Waals surface area contributed by atoms with E-state index in [0.29, 0.717) is 18.2 Å². The first-order valence-corrected chi connectivity index (χ1v) is 11.6. The van der Waals surface area contributed by atoms with Crippen LogP contribution in [-0.2, 0) is 18.1 Å². The van der Waals surface area contributed by atoms with Gasteiger partial charge in [0.1, 0.15) is 29.7 Å². The number of nitrogens with zero attached hydrogens (tertiary/aromatic N) is 5. The maximum absolute atomic E-state index is 15.8. The van der Waals surface area contributed by atoms with E-state index in [1.807, 2.05) is 0 Å². The maximum atomic E-state index is 15.8. The van der Waals surface area contributed by atoms with E-state index in [2.05, 4.69) is 32.4 Å². The number of hydrogen-bond acceptors (Lipinski definition) is 6. The summed E-state index contributed by atoms with van der Waals surface area (Å²) in [7, 11) is 0. The molecule has 0 saturated carbocycles. The highest BCUT2D eigenvalue weighted by atomic mass is 19.4. The predicted octanol–water partition coefficient (Wildman–Crippen LogP) is 4.62. The Morgan fingerprint density at radius 3 is 2.07 bits per heavy atom. The van der Waals surface area contributed by atoms with E-state index < -0.39 is 64.7 Å². The molecule has 2 aromatic heterocycles. The quantitative estimate of drug-likeness (QED) is 0.237. The average Bonchev–Trinajstić information content (AvgIpc) is 3.44. The molecule has 2 unspecified atom stereocenters. The van der Waals surface area contributed by atoms with Crippen molar-refractivity contribution in [2.75, 3.05) is 0 Å². The van der Waals surface area contributed by atoms with Crippen LogP contribution in [0.4, 0.5) is 39.5 Å². The molecule has 0 aliphatic heterocycles. The summed E-state index contributed by atoms with van der Waals surface area (Å²) in [5.74, 6) is -6.87. The Balaban J connectivity index is 1.59. The Bertz CT molecular complexity index is 1600. The van der Waals surface area contributed by atoms with Gasteiger partial charge in [-0.1, -0.05) is 24.0 Å². The molecular weight excluding hydrogens is 583 g/mol. The van der Waals surface area contributed by atoms with Gasteiger partial charge in [-0.25, -0.2) is 13.5 Å². The number of benzene rings is 2. The minimum atomic E-state index is -5.85. The lowest BCUT2D eigenvalue weighted by Crippen LogP contribution is -2.48. The molecule has 0 radical (unpaired) electrons. The lowest BCUT2D eigenvalue weighted by atomic mass is 9.84. The third-order valence-corrected chi connectivity index (χ3v) is 6.15. The number of alkyl halides is 7. The van der Waals surface area contributed by atoms with Gasteiger partial charge in [0.05, 0.1) is 6.54 Å². The minimum absolute atomic E-state index is 0.0657. The molecule has 0 saturated heterocycles. The van der Waals surface area contributed by atoms with Gasteiger partial charge in [0, 0.05) is 29.0 Å². The van der Waals surface area contributed by atoms with Gasteiger partial charge in [-0.15, -0.1) is 5.10 Å². The monoisotopic (exact) mass is 600 g/mol. The van der Waals surface area contributed by atoms with Crippen molar-refractivity contribution in [2.45, 2.75) is 36.2 Å². The van der Waals surface area contributed by atoms with Crippen molar-refractivity contribution in [3.63, 3.8) is 0 Å². The molecular formula is C26H17F9N6O. The van der Waals surface area contributed by atoms with Crippen molar-refractivity contribution in [2.24, 2.45) is 5.73 Å². The van der Waals surface area contributed by atoms with Crippen LogP contribution in [0.5, 0.6) is 0 Å². The van der Waals surface area contributed by atoms with Gasteiger partial charge in [0.15, 0.2) is 5.60 Å². The molecule has 42 heavy (non-hydrogen) atoms. The molecule has 0 bridgehead atoms. The Hall–Kier alpha value is -4.49. The van der Waals surface area contributed by atoms with Crippen molar-refractivity contribution in [1.29, 1.82) is 0 Å². The molecule has 4 rings (SSSR count). The van der Waals surface area contributed by atoms with E-state index in [1.165, 1.54) is 0 Å².